The van der Waals surface area contributed by atoms with Crippen molar-refractivity contribution in [2.24, 2.45) is 16.6 Å². The summed E-state index contributed by atoms with van der Waals surface area (Å²) in [4.78, 5) is 20.7. The summed E-state index contributed by atoms with van der Waals surface area (Å²) >= 11 is 0. The number of nitrogens with zero attached hydrogens (tertiary/aromatic N) is 3. The molecule has 2 aliphatic heterocycles. The van der Waals surface area contributed by atoms with Gasteiger partial charge in [-0.2, -0.15) is 0 Å². The molecule has 1 amide bonds. The second-order valence-corrected chi connectivity index (χ2v) is 8.64. The number of guanidine groups is 1. The molecule has 2 aliphatic rings. The Hall–Kier alpha value is -2.13. The third kappa shape index (κ3) is 6.22. The van der Waals surface area contributed by atoms with Crippen molar-refractivity contribution in [1.29, 1.82) is 0 Å². The number of aliphatic imine (C=N–C) groups is 1. The molecule has 0 spiro atoms. The highest BCUT2D eigenvalue weighted by atomic mass is 127. The number of amides is 1. The minimum absolute atomic E-state index is 0. The molecule has 0 radical (unpaired) electrons. The van der Waals surface area contributed by atoms with Crippen molar-refractivity contribution in [2.75, 3.05) is 26.7 Å². The van der Waals surface area contributed by atoms with Gasteiger partial charge in [0.2, 0.25) is 5.91 Å². The molecule has 2 heterocycles. The molecule has 1 fully saturated rings. The van der Waals surface area contributed by atoms with E-state index in [1.54, 1.807) is 0 Å². The molecule has 1 unspecified atom stereocenters. The van der Waals surface area contributed by atoms with Crippen LogP contribution < -0.4 is 11.1 Å². The number of hydrogen-bond acceptors (Lipinski definition) is 3. The van der Waals surface area contributed by atoms with Gasteiger partial charge in [-0.05, 0) is 48.1 Å². The fourth-order valence-corrected chi connectivity index (χ4v) is 4.72. The Labute approximate surface area is 208 Å². The second-order valence-electron chi connectivity index (χ2n) is 8.64. The molecule has 1 atom stereocenters. The van der Waals surface area contributed by atoms with E-state index in [9.17, 15) is 4.79 Å². The highest BCUT2D eigenvalue weighted by molar-refractivity contribution is 14.0. The third-order valence-corrected chi connectivity index (χ3v) is 6.40. The highest BCUT2D eigenvalue weighted by Gasteiger charge is 2.24. The van der Waals surface area contributed by atoms with Crippen LogP contribution in [0.25, 0.3) is 0 Å². The van der Waals surface area contributed by atoms with Gasteiger partial charge in [0.15, 0.2) is 5.96 Å². The van der Waals surface area contributed by atoms with Crippen LogP contribution in [0.3, 0.4) is 0 Å². The maximum absolute atomic E-state index is 11.6. The Morgan fingerprint density at radius 3 is 2.69 bits per heavy atom. The second kappa shape index (κ2) is 11.7. The fraction of sp³-hybridized carbons (Fsp3) is 0.440. The zero-order valence-corrected chi connectivity index (χ0v) is 21.1. The van der Waals surface area contributed by atoms with E-state index in [1.165, 1.54) is 22.3 Å². The fourth-order valence-electron chi connectivity index (χ4n) is 4.72. The minimum atomic E-state index is -0.172. The van der Waals surface area contributed by atoms with E-state index in [4.69, 9.17) is 5.73 Å². The number of carbonyl (C=O) groups is 1. The summed E-state index contributed by atoms with van der Waals surface area (Å²) in [5.74, 6) is 0.756. The predicted octanol–water partition coefficient (Wildman–Crippen LogP) is 3.14. The number of rotatable bonds is 5. The lowest BCUT2D eigenvalue weighted by Crippen LogP contribution is -2.43. The van der Waals surface area contributed by atoms with Crippen LogP contribution in [0.2, 0.25) is 0 Å². The van der Waals surface area contributed by atoms with Crippen LogP contribution >= 0.6 is 24.0 Å². The summed E-state index contributed by atoms with van der Waals surface area (Å²) in [6.07, 6.45) is 2.99. The summed E-state index contributed by atoms with van der Waals surface area (Å²) < 4.78 is 0. The SMILES string of the molecule is CN=C(NCc1cccc(CN2CCCC(C(N)=O)C2)c1)N1CCc2ccccc2C1.I. The first-order valence-corrected chi connectivity index (χ1v) is 11.2. The zero-order valence-electron chi connectivity index (χ0n) is 18.8. The van der Waals surface area contributed by atoms with Crippen LogP contribution in [-0.2, 0) is 30.8 Å². The number of nitrogens with one attached hydrogen (secondary N) is 1. The van der Waals surface area contributed by atoms with Crippen molar-refractivity contribution in [1.82, 2.24) is 15.1 Å². The zero-order chi connectivity index (χ0) is 21.6. The molecular weight excluding hydrogens is 513 g/mol. The number of fused-ring (bicyclic) bond motifs is 1. The quantitative estimate of drug-likeness (QED) is 0.343. The molecule has 32 heavy (non-hydrogen) atoms. The van der Waals surface area contributed by atoms with Crippen molar-refractivity contribution in [3.8, 4) is 0 Å². The van der Waals surface area contributed by atoms with E-state index in [0.29, 0.717) is 0 Å². The van der Waals surface area contributed by atoms with Gasteiger partial charge in [-0.25, -0.2) is 0 Å². The summed E-state index contributed by atoms with van der Waals surface area (Å²) in [6.45, 7) is 5.26. The molecule has 0 aromatic heterocycles. The van der Waals surface area contributed by atoms with Gasteiger partial charge in [0, 0.05) is 39.8 Å². The average molecular weight is 547 g/mol. The first kappa shape index (κ1) is 24.5. The van der Waals surface area contributed by atoms with Crippen molar-refractivity contribution in [3.63, 3.8) is 0 Å². The number of likely N-dealkylation sites (tertiary alicyclic amines) is 1. The lowest BCUT2D eigenvalue weighted by Gasteiger charge is -2.32. The lowest BCUT2D eigenvalue weighted by molar-refractivity contribution is -0.123. The Morgan fingerprint density at radius 1 is 1.12 bits per heavy atom. The number of primary amides is 1. The van der Waals surface area contributed by atoms with Gasteiger partial charge in [-0.15, -0.1) is 24.0 Å². The standard InChI is InChI=1S/C25H33N5O.HI/c1-27-25(30-13-11-21-8-2-3-9-22(21)18-30)28-15-19-6-4-7-20(14-19)16-29-12-5-10-23(17-29)24(26)31;/h2-4,6-9,14,23H,5,10-13,15-18H2,1H3,(H2,26,31)(H,27,28);1H. The van der Waals surface area contributed by atoms with E-state index >= 15 is 0 Å². The van der Waals surface area contributed by atoms with Crippen molar-refractivity contribution in [2.45, 2.75) is 38.9 Å². The van der Waals surface area contributed by atoms with Crippen LogP contribution in [-0.4, -0.2) is 48.3 Å². The molecule has 6 nitrogen and oxygen atoms in total. The predicted molar refractivity (Wildman–Crippen MR) is 140 cm³/mol. The van der Waals surface area contributed by atoms with Gasteiger partial charge in [-0.3, -0.25) is 14.7 Å². The minimum Gasteiger partial charge on any atom is -0.369 e. The molecular formula is C25H34IN5O. The summed E-state index contributed by atoms with van der Waals surface area (Å²) in [6, 6.07) is 17.3. The highest BCUT2D eigenvalue weighted by Crippen LogP contribution is 2.20. The van der Waals surface area contributed by atoms with Gasteiger partial charge < -0.3 is 16.0 Å². The van der Waals surface area contributed by atoms with Crippen LogP contribution in [0.5, 0.6) is 0 Å². The largest absolute Gasteiger partial charge is 0.369 e. The van der Waals surface area contributed by atoms with Crippen molar-refractivity contribution >= 4 is 35.8 Å². The van der Waals surface area contributed by atoms with Gasteiger partial charge in [-0.1, -0.05) is 48.5 Å². The first-order valence-electron chi connectivity index (χ1n) is 11.2. The monoisotopic (exact) mass is 547 g/mol. The number of nitrogens with two attached hydrogens (primary N) is 1. The Bertz CT molecular complexity index is 947. The molecule has 2 aromatic rings. The Balaban J connectivity index is 0.00000289. The summed E-state index contributed by atoms with van der Waals surface area (Å²) in [7, 11) is 1.85. The Kier molecular flexibility index (Phi) is 8.92. The molecule has 172 valence electrons. The molecule has 4 rings (SSSR count). The molecule has 0 saturated carbocycles. The van der Waals surface area contributed by atoms with E-state index in [-0.39, 0.29) is 35.8 Å². The molecule has 0 bridgehead atoms. The smallest absolute Gasteiger partial charge is 0.221 e. The normalized spacial score (nSPS) is 19.1. The topological polar surface area (TPSA) is 74.0 Å². The number of hydrogen-bond donors (Lipinski definition) is 2. The van der Waals surface area contributed by atoms with Crippen LogP contribution in [0.1, 0.15) is 35.1 Å². The van der Waals surface area contributed by atoms with Gasteiger partial charge in [0.05, 0.1) is 5.92 Å². The van der Waals surface area contributed by atoms with E-state index in [0.717, 1.165) is 64.5 Å². The first-order chi connectivity index (χ1) is 15.1. The van der Waals surface area contributed by atoms with Crippen LogP contribution in [0.15, 0.2) is 53.5 Å². The van der Waals surface area contributed by atoms with E-state index < -0.39 is 0 Å². The molecule has 0 aliphatic carbocycles. The number of benzene rings is 2. The number of halogens is 1. The van der Waals surface area contributed by atoms with Crippen LogP contribution in [0, 0.1) is 5.92 Å². The van der Waals surface area contributed by atoms with Crippen LogP contribution in [0.4, 0.5) is 0 Å². The molecule has 3 N–H and O–H groups in total. The van der Waals surface area contributed by atoms with E-state index in [2.05, 4.69) is 68.6 Å². The van der Waals surface area contributed by atoms with E-state index in [1.807, 2.05) is 7.05 Å². The average Bonchev–Trinajstić information content (AvgIpc) is 2.80. The molecule has 2 aromatic carbocycles. The molecule has 7 heteroatoms. The molecule has 1 saturated heterocycles. The lowest BCUT2D eigenvalue weighted by atomic mass is 9.97. The maximum Gasteiger partial charge on any atom is 0.221 e. The number of piperidine rings is 1. The third-order valence-electron chi connectivity index (χ3n) is 6.40. The van der Waals surface area contributed by atoms with Gasteiger partial charge in [0.25, 0.3) is 0 Å². The van der Waals surface area contributed by atoms with Gasteiger partial charge in [0.1, 0.15) is 0 Å². The summed E-state index contributed by atoms with van der Waals surface area (Å²) in [5.41, 5.74) is 10.9. The number of carbonyl (C=O) groups excluding carboxylic acids is 1. The van der Waals surface area contributed by atoms with Crippen molar-refractivity contribution < 1.29 is 4.79 Å². The Morgan fingerprint density at radius 2 is 1.91 bits per heavy atom. The van der Waals surface area contributed by atoms with Crippen molar-refractivity contribution in [3.05, 3.63) is 70.8 Å². The summed E-state index contributed by atoms with van der Waals surface area (Å²) in [5, 5.41) is 3.54. The maximum atomic E-state index is 11.6. The van der Waals surface area contributed by atoms with Gasteiger partial charge >= 0.3 is 0 Å².